The quantitative estimate of drug-likeness (QED) is 0.661. The van der Waals surface area contributed by atoms with E-state index < -0.39 is 12.5 Å². The fourth-order valence-electron chi connectivity index (χ4n) is 1.78. The van der Waals surface area contributed by atoms with Gasteiger partial charge in [0.1, 0.15) is 6.54 Å². The van der Waals surface area contributed by atoms with E-state index in [4.69, 9.17) is 17.3 Å². The van der Waals surface area contributed by atoms with Gasteiger partial charge in [-0.15, -0.1) is 0 Å². The Morgan fingerprint density at radius 1 is 1.37 bits per heavy atom. The van der Waals surface area contributed by atoms with Crippen molar-refractivity contribution < 1.29 is 8.78 Å². The molecule has 6 heteroatoms. The molecule has 19 heavy (non-hydrogen) atoms. The number of nitrogens with zero attached hydrogens (tertiary/aromatic N) is 1. The molecule has 0 amide bonds. The molecule has 1 aliphatic rings. The summed E-state index contributed by atoms with van der Waals surface area (Å²) in [6.45, 7) is -0.666. The molecule has 0 unspecified atom stereocenters. The molecule has 1 aromatic rings. The number of guanidine groups is 1. The highest BCUT2D eigenvalue weighted by Gasteiger charge is 2.31. The van der Waals surface area contributed by atoms with E-state index in [0.717, 1.165) is 19.3 Å². The lowest BCUT2D eigenvalue weighted by Crippen LogP contribution is -2.44. The second kappa shape index (κ2) is 5.74. The van der Waals surface area contributed by atoms with Crippen molar-refractivity contribution >= 4 is 17.6 Å². The monoisotopic (exact) mass is 287 g/mol. The van der Waals surface area contributed by atoms with Gasteiger partial charge in [-0.2, -0.15) is 8.78 Å². The highest BCUT2D eigenvalue weighted by molar-refractivity contribution is 6.30. The number of hydrogen-bond acceptors (Lipinski definition) is 1. The standard InChI is InChI=1S/C13H16ClF2N3/c14-10-6-4-9(5-7-10)13(15,16)8-18-12(17)19-11-2-1-3-11/h4-7,11H,1-3,8H2,(H3,17,18,19). The van der Waals surface area contributed by atoms with Gasteiger partial charge < -0.3 is 11.1 Å². The maximum atomic E-state index is 13.8. The number of hydrogen-bond donors (Lipinski definition) is 2. The second-order valence-corrected chi connectivity index (χ2v) is 5.12. The van der Waals surface area contributed by atoms with Gasteiger partial charge in [-0.25, -0.2) is 4.99 Å². The summed E-state index contributed by atoms with van der Waals surface area (Å²) in [6.07, 6.45) is 3.18. The maximum absolute atomic E-state index is 13.8. The molecule has 0 aliphatic heterocycles. The van der Waals surface area contributed by atoms with Crippen molar-refractivity contribution in [2.75, 3.05) is 6.54 Å². The lowest BCUT2D eigenvalue weighted by atomic mass is 9.93. The molecule has 1 aromatic carbocycles. The summed E-state index contributed by atoms with van der Waals surface area (Å²) < 4.78 is 27.7. The molecular formula is C13H16ClF2N3. The molecule has 1 saturated carbocycles. The molecule has 104 valence electrons. The third-order valence-electron chi connectivity index (χ3n) is 3.17. The minimum absolute atomic E-state index is 0.0818. The van der Waals surface area contributed by atoms with Crippen LogP contribution in [0.1, 0.15) is 24.8 Å². The molecule has 0 atom stereocenters. The maximum Gasteiger partial charge on any atom is 0.292 e. The second-order valence-electron chi connectivity index (χ2n) is 4.68. The Balaban J connectivity index is 1.95. The first-order chi connectivity index (χ1) is 8.97. The average molecular weight is 288 g/mol. The van der Waals surface area contributed by atoms with Crippen LogP contribution in [0.25, 0.3) is 0 Å². The molecule has 2 rings (SSSR count). The molecule has 3 nitrogen and oxygen atoms in total. The minimum atomic E-state index is -3.05. The Morgan fingerprint density at radius 3 is 2.53 bits per heavy atom. The summed E-state index contributed by atoms with van der Waals surface area (Å²) in [4.78, 5) is 3.72. The smallest absolute Gasteiger partial charge is 0.292 e. The van der Waals surface area contributed by atoms with Gasteiger partial charge in [0, 0.05) is 16.6 Å². The topological polar surface area (TPSA) is 50.4 Å². The van der Waals surface area contributed by atoms with Gasteiger partial charge in [0.2, 0.25) is 0 Å². The van der Waals surface area contributed by atoms with Crippen LogP contribution in [0, 0.1) is 0 Å². The summed E-state index contributed by atoms with van der Waals surface area (Å²) in [7, 11) is 0. The van der Waals surface area contributed by atoms with E-state index in [2.05, 4.69) is 10.3 Å². The normalized spacial score (nSPS) is 17.1. The minimum Gasteiger partial charge on any atom is -0.370 e. The van der Waals surface area contributed by atoms with Crippen LogP contribution in [0.3, 0.4) is 0 Å². The number of nitrogens with one attached hydrogen (secondary N) is 1. The predicted octanol–water partition coefficient (Wildman–Crippen LogP) is 2.89. The van der Waals surface area contributed by atoms with E-state index in [1.54, 1.807) is 0 Å². The van der Waals surface area contributed by atoms with Crippen molar-refractivity contribution in [1.29, 1.82) is 0 Å². The van der Waals surface area contributed by atoms with Crippen LogP contribution >= 0.6 is 11.6 Å². The van der Waals surface area contributed by atoms with Gasteiger partial charge in [-0.05, 0) is 31.4 Å². The number of benzene rings is 1. The number of aliphatic imine (C=N–C) groups is 1. The van der Waals surface area contributed by atoms with E-state index in [-0.39, 0.29) is 17.6 Å². The van der Waals surface area contributed by atoms with Crippen molar-refractivity contribution in [2.24, 2.45) is 10.7 Å². The van der Waals surface area contributed by atoms with Gasteiger partial charge in [-0.3, -0.25) is 0 Å². The fourth-order valence-corrected chi connectivity index (χ4v) is 1.90. The predicted molar refractivity (Wildman–Crippen MR) is 72.6 cm³/mol. The molecule has 0 bridgehead atoms. The SMILES string of the molecule is NC(=NCC(F)(F)c1ccc(Cl)cc1)NC1CCC1. The van der Waals surface area contributed by atoms with Crippen LogP contribution in [0.4, 0.5) is 8.78 Å². The van der Waals surface area contributed by atoms with Crippen molar-refractivity contribution in [3.63, 3.8) is 0 Å². The number of rotatable bonds is 4. The average Bonchev–Trinajstić information content (AvgIpc) is 2.32. The van der Waals surface area contributed by atoms with E-state index in [1.165, 1.54) is 24.3 Å². The Hall–Kier alpha value is -1.36. The molecule has 1 aliphatic carbocycles. The highest BCUT2D eigenvalue weighted by Crippen LogP contribution is 2.29. The fraction of sp³-hybridized carbons (Fsp3) is 0.462. The van der Waals surface area contributed by atoms with Gasteiger partial charge in [-0.1, -0.05) is 23.7 Å². The molecule has 1 fully saturated rings. The van der Waals surface area contributed by atoms with Crippen molar-refractivity contribution in [2.45, 2.75) is 31.2 Å². The summed E-state index contributed by atoms with van der Waals surface area (Å²) >= 11 is 5.67. The molecule has 0 radical (unpaired) electrons. The first-order valence-electron chi connectivity index (χ1n) is 6.18. The lowest BCUT2D eigenvalue weighted by molar-refractivity contribution is 0.00642. The van der Waals surface area contributed by atoms with Crippen LogP contribution < -0.4 is 11.1 Å². The van der Waals surface area contributed by atoms with Crippen LogP contribution in [0.2, 0.25) is 5.02 Å². The molecule has 0 aromatic heterocycles. The van der Waals surface area contributed by atoms with E-state index in [9.17, 15) is 8.78 Å². The summed E-state index contributed by atoms with van der Waals surface area (Å²) in [6, 6.07) is 5.75. The zero-order valence-corrected chi connectivity index (χ0v) is 11.1. The lowest BCUT2D eigenvalue weighted by Gasteiger charge is -2.27. The third kappa shape index (κ3) is 3.80. The number of nitrogens with two attached hydrogens (primary N) is 1. The number of alkyl halides is 2. The van der Waals surface area contributed by atoms with Gasteiger partial charge >= 0.3 is 0 Å². The van der Waals surface area contributed by atoms with Crippen LogP contribution in [-0.4, -0.2) is 18.5 Å². The summed E-state index contributed by atoms with van der Waals surface area (Å²) in [5.41, 5.74) is 5.46. The van der Waals surface area contributed by atoms with E-state index in [0.29, 0.717) is 5.02 Å². The van der Waals surface area contributed by atoms with E-state index in [1.807, 2.05) is 0 Å². The van der Waals surface area contributed by atoms with Crippen molar-refractivity contribution in [1.82, 2.24) is 5.32 Å². The van der Waals surface area contributed by atoms with E-state index >= 15 is 0 Å². The summed E-state index contributed by atoms with van der Waals surface area (Å²) in [5.74, 6) is -2.96. The van der Waals surface area contributed by atoms with Gasteiger partial charge in [0.15, 0.2) is 5.96 Å². The molecule has 0 spiro atoms. The molecule has 0 heterocycles. The van der Waals surface area contributed by atoms with Crippen LogP contribution in [0.5, 0.6) is 0 Å². The van der Waals surface area contributed by atoms with Crippen molar-refractivity contribution in [3.05, 3.63) is 34.9 Å². The van der Waals surface area contributed by atoms with Crippen LogP contribution in [0.15, 0.2) is 29.3 Å². The Morgan fingerprint density at radius 2 is 2.00 bits per heavy atom. The van der Waals surface area contributed by atoms with Crippen molar-refractivity contribution in [3.8, 4) is 0 Å². The molecule has 0 saturated heterocycles. The van der Waals surface area contributed by atoms with Gasteiger partial charge in [0.05, 0.1) is 0 Å². The van der Waals surface area contributed by atoms with Gasteiger partial charge in [0.25, 0.3) is 5.92 Å². The zero-order valence-electron chi connectivity index (χ0n) is 10.4. The first kappa shape index (κ1) is 14.1. The molecular weight excluding hydrogens is 272 g/mol. The Bertz CT molecular complexity index is 455. The Labute approximate surface area is 115 Å². The number of halogens is 3. The Kier molecular flexibility index (Phi) is 4.24. The van der Waals surface area contributed by atoms with Crippen LogP contribution in [-0.2, 0) is 5.92 Å². The highest BCUT2D eigenvalue weighted by atomic mass is 35.5. The first-order valence-corrected chi connectivity index (χ1v) is 6.55. The largest absolute Gasteiger partial charge is 0.370 e. The zero-order chi connectivity index (χ0) is 13.9. The third-order valence-corrected chi connectivity index (χ3v) is 3.42. The summed E-state index contributed by atoms with van der Waals surface area (Å²) in [5, 5.41) is 3.35. The molecule has 3 N–H and O–H groups in total.